The Kier molecular flexibility index (Phi) is 8.02. The van der Waals surface area contributed by atoms with Crippen LogP contribution in [0.3, 0.4) is 0 Å². The monoisotopic (exact) mass is 570 g/mol. The van der Waals surface area contributed by atoms with E-state index in [2.05, 4.69) is 15.3 Å². The highest BCUT2D eigenvalue weighted by molar-refractivity contribution is 6.31. The first-order valence-corrected chi connectivity index (χ1v) is 13.0. The standard InChI is InChI=1S/C28H32ClFN6O4/c1-13(2)40-23-17(14(3)25-34-15(4)22-24(31)32-9-10-36(22)25)11-18(29)21(30)20(23)16-7-8-19(33-12-16)26(37)35-28(5,6)27(38)39/h7-14,27,38-39H,1-6H3,(H2,31,32)(H,35,37)/t14-/m0/s1. The van der Waals surface area contributed by atoms with E-state index >= 15 is 4.39 Å². The number of nitrogen functional groups attached to an aromatic ring is 1. The number of nitrogens with two attached hydrogens (primary N) is 1. The van der Waals surface area contributed by atoms with E-state index in [1.807, 2.05) is 32.1 Å². The van der Waals surface area contributed by atoms with Crippen LogP contribution in [-0.4, -0.2) is 53.4 Å². The van der Waals surface area contributed by atoms with E-state index in [0.717, 1.165) is 0 Å². The Bertz CT molecular complexity index is 1570. The number of ether oxygens (including phenoxy) is 1. The molecule has 3 heterocycles. The van der Waals surface area contributed by atoms with Gasteiger partial charge in [0.05, 0.1) is 27.9 Å². The summed E-state index contributed by atoms with van der Waals surface area (Å²) in [5.41, 5.74) is 7.19. The number of imidazole rings is 1. The molecule has 5 N–H and O–H groups in total. The summed E-state index contributed by atoms with van der Waals surface area (Å²) >= 11 is 6.42. The number of aliphatic hydroxyl groups is 2. The Balaban J connectivity index is 1.83. The quantitative estimate of drug-likeness (QED) is 0.230. The molecule has 0 spiro atoms. The Morgan fingerprint density at radius 1 is 1.23 bits per heavy atom. The number of halogens is 2. The molecule has 3 aromatic heterocycles. The second-order valence-corrected chi connectivity index (χ2v) is 10.8. The molecule has 1 amide bonds. The zero-order chi connectivity index (χ0) is 29.5. The topological polar surface area (TPSA) is 148 Å². The minimum Gasteiger partial charge on any atom is -0.490 e. The average molecular weight is 571 g/mol. The number of aryl methyl sites for hydroxylation is 1. The van der Waals surface area contributed by atoms with Gasteiger partial charge < -0.3 is 26.0 Å². The zero-order valence-electron chi connectivity index (χ0n) is 23.0. The number of hydrogen-bond donors (Lipinski definition) is 4. The van der Waals surface area contributed by atoms with E-state index in [-0.39, 0.29) is 28.1 Å². The van der Waals surface area contributed by atoms with Crippen molar-refractivity contribution in [3.8, 4) is 16.9 Å². The SMILES string of the molecule is Cc1nc([C@@H](C)c2cc(Cl)c(F)c(-c3ccc(C(=O)NC(C)(C)C(O)O)nc3)c2OC(C)C)n2ccnc(N)c12. The van der Waals surface area contributed by atoms with E-state index in [0.29, 0.717) is 34.0 Å². The van der Waals surface area contributed by atoms with Crippen LogP contribution in [0.4, 0.5) is 10.2 Å². The molecule has 0 unspecified atom stereocenters. The predicted molar refractivity (Wildman–Crippen MR) is 150 cm³/mol. The van der Waals surface area contributed by atoms with Gasteiger partial charge in [-0.15, -0.1) is 0 Å². The highest BCUT2D eigenvalue weighted by Gasteiger charge is 2.30. The number of aliphatic hydroxyl groups excluding tert-OH is 1. The van der Waals surface area contributed by atoms with Crippen LogP contribution in [0.15, 0.2) is 36.8 Å². The Morgan fingerprint density at radius 2 is 1.93 bits per heavy atom. The molecular formula is C28H32ClFN6O4. The van der Waals surface area contributed by atoms with Gasteiger partial charge in [0.15, 0.2) is 12.1 Å². The molecule has 0 bridgehead atoms. The molecule has 1 aromatic carbocycles. The van der Waals surface area contributed by atoms with E-state index in [4.69, 9.17) is 27.1 Å². The van der Waals surface area contributed by atoms with Crippen molar-refractivity contribution in [1.29, 1.82) is 0 Å². The highest BCUT2D eigenvalue weighted by atomic mass is 35.5. The van der Waals surface area contributed by atoms with Crippen LogP contribution in [0, 0.1) is 12.7 Å². The highest BCUT2D eigenvalue weighted by Crippen LogP contribution is 2.44. The van der Waals surface area contributed by atoms with Crippen LogP contribution in [-0.2, 0) is 0 Å². The van der Waals surface area contributed by atoms with Gasteiger partial charge in [0.25, 0.3) is 5.91 Å². The molecule has 0 fully saturated rings. The summed E-state index contributed by atoms with van der Waals surface area (Å²) in [7, 11) is 0. The number of aromatic nitrogens is 4. The molecule has 0 saturated carbocycles. The third kappa shape index (κ3) is 5.45. The van der Waals surface area contributed by atoms with Gasteiger partial charge in [0.1, 0.15) is 28.6 Å². The van der Waals surface area contributed by atoms with Crippen molar-refractivity contribution in [3.63, 3.8) is 0 Å². The van der Waals surface area contributed by atoms with E-state index < -0.39 is 29.5 Å². The lowest BCUT2D eigenvalue weighted by molar-refractivity contribution is -0.0937. The molecule has 4 rings (SSSR count). The summed E-state index contributed by atoms with van der Waals surface area (Å²) in [6, 6.07) is 4.47. The minimum absolute atomic E-state index is 0.00496. The van der Waals surface area contributed by atoms with Crippen molar-refractivity contribution in [2.24, 2.45) is 0 Å². The third-order valence-electron chi connectivity index (χ3n) is 6.56. The lowest BCUT2D eigenvalue weighted by atomic mass is 9.93. The molecule has 212 valence electrons. The zero-order valence-corrected chi connectivity index (χ0v) is 23.8. The first-order valence-electron chi connectivity index (χ1n) is 12.7. The maximum atomic E-state index is 15.7. The van der Waals surface area contributed by atoms with Crippen LogP contribution >= 0.6 is 11.6 Å². The Hall–Kier alpha value is -3.80. The number of carbonyl (C=O) groups is 1. The number of fused-ring (bicyclic) bond motifs is 1. The van der Waals surface area contributed by atoms with Crippen LogP contribution in [0.2, 0.25) is 5.02 Å². The number of carbonyl (C=O) groups excluding carboxylic acids is 1. The molecule has 12 heteroatoms. The predicted octanol–water partition coefficient (Wildman–Crippen LogP) is 4.23. The third-order valence-corrected chi connectivity index (χ3v) is 6.83. The number of pyridine rings is 1. The first kappa shape index (κ1) is 29.2. The molecule has 4 aromatic rings. The molecule has 10 nitrogen and oxygen atoms in total. The summed E-state index contributed by atoms with van der Waals surface area (Å²) in [5, 5.41) is 21.4. The van der Waals surface area contributed by atoms with Gasteiger partial charge in [-0.25, -0.2) is 14.4 Å². The number of nitrogens with one attached hydrogen (secondary N) is 1. The van der Waals surface area contributed by atoms with E-state index in [1.165, 1.54) is 38.2 Å². The summed E-state index contributed by atoms with van der Waals surface area (Å²) < 4.78 is 23.7. The van der Waals surface area contributed by atoms with E-state index in [9.17, 15) is 15.0 Å². The van der Waals surface area contributed by atoms with Gasteiger partial charge in [-0.05, 0) is 46.8 Å². The minimum atomic E-state index is -1.78. The number of benzene rings is 1. The van der Waals surface area contributed by atoms with Crippen molar-refractivity contribution < 1.29 is 24.1 Å². The van der Waals surface area contributed by atoms with Crippen molar-refractivity contribution in [3.05, 3.63) is 70.4 Å². The fourth-order valence-electron chi connectivity index (χ4n) is 4.38. The molecule has 0 aliphatic rings. The largest absolute Gasteiger partial charge is 0.490 e. The molecule has 1 atom stereocenters. The van der Waals surface area contributed by atoms with Gasteiger partial charge in [0.2, 0.25) is 0 Å². The van der Waals surface area contributed by atoms with Crippen LogP contribution < -0.4 is 15.8 Å². The summed E-state index contributed by atoms with van der Waals surface area (Å²) in [4.78, 5) is 25.7. The lowest BCUT2D eigenvalue weighted by Gasteiger charge is -2.27. The smallest absolute Gasteiger partial charge is 0.270 e. The molecule has 0 aliphatic carbocycles. The van der Waals surface area contributed by atoms with Crippen LogP contribution in [0.5, 0.6) is 5.75 Å². The van der Waals surface area contributed by atoms with Crippen molar-refractivity contribution in [1.82, 2.24) is 24.7 Å². The lowest BCUT2D eigenvalue weighted by Crippen LogP contribution is -2.52. The van der Waals surface area contributed by atoms with Gasteiger partial charge in [0, 0.05) is 35.6 Å². The van der Waals surface area contributed by atoms with Crippen molar-refractivity contribution >= 4 is 28.8 Å². The summed E-state index contributed by atoms with van der Waals surface area (Å²) in [5.74, 6) is -0.478. The average Bonchev–Trinajstić information content (AvgIpc) is 3.23. The normalized spacial score (nSPS) is 12.8. The number of amides is 1. The second-order valence-electron chi connectivity index (χ2n) is 10.4. The molecule has 40 heavy (non-hydrogen) atoms. The van der Waals surface area contributed by atoms with Gasteiger partial charge in [-0.1, -0.05) is 24.6 Å². The first-order chi connectivity index (χ1) is 18.7. The van der Waals surface area contributed by atoms with Crippen LogP contribution in [0.1, 0.15) is 68.1 Å². The van der Waals surface area contributed by atoms with Crippen molar-refractivity contribution in [2.75, 3.05) is 5.73 Å². The summed E-state index contributed by atoms with van der Waals surface area (Å²) in [6.07, 6.45) is 2.59. The van der Waals surface area contributed by atoms with E-state index in [1.54, 1.807) is 12.4 Å². The molecule has 0 radical (unpaired) electrons. The fraction of sp³-hybridized carbons (Fsp3) is 0.357. The Morgan fingerprint density at radius 3 is 2.52 bits per heavy atom. The van der Waals surface area contributed by atoms with Gasteiger partial charge >= 0.3 is 0 Å². The maximum absolute atomic E-state index is 15.7. The molecule has 0 saturated heterocycles. The number of anilines is 1. The molecular weight excluding hydrogens is 539 g/mol. The van der Waals surface area contributed by atoms with Crippen LogP contribution in [0.25, 0.3) is 16.6 Å². The van der Waals surface area contributed by atoms with Gasteiger partial charge in [-0.2, -0.15) is 0 Å². The Labute approximate surface area is 236 Å². The van der Waals surface area contributed by atoms with Gasteiger partial charge in [-0.3, -0.25) is 14.2 Å². The number of nitrogens with zero attached hydrogens (tertiary/aromatic N) is 4. The second kappa shape index (κ2) is 11.0. The number of rotatable bonds is 8. The number of hydrogen-bond acceptors (Lipinski definition) is 8. The summed E-state index contributed by atoms with van der Waals surface area (Å²) in [6.45, 7) is 10.3. The fourth-order valence-corrected chi connectivity index (χ4v) is 4.59. The molecule has 0 aliphatic heterocycles. The maximum Gasteiger partial charge on any atom is 0.270 e. The van der Waals surface area contributed by atoms with Crippen molar-refractivity contribution in [2.45, 2.75) is 65.4 Å².